The third-order valence-electron chi connectivity index (χ3n) is 6.61. The molecule has 0 bridgehead atoms. The van der Waals surface area contributed by atoms with Gasteiger partial charge in [0, 0.05) is 19.3 Å². The summed E-state index contributed by atoms with van der Waals surface area (Å²) in [6.45, 7) is 2.16. The highest BCUT2D eigenvalue weighted by atomic mass is 16.4. The van der Waals surface area contributed by atoms with Crippen molar-refractivity contribution in [2.24, 2.45) is 11.5 Å². The van der Waals surface area contributed by atoms with Crippen molar-refractivity contribution >= 4 is 47.5 Å². The molecule has 12 N–H and O–H groups in total. The minimum absolute atomic E-state index is 0.000712. The molecule has 18 heteroatoms. The van der Waals surface area contributed by atoms with Gasteiger partial charge in [-0.2, -0.15) is 0 Å². The summed E-state index contributed by atoms with van der Waals surface area (Å²) < 4.78 is 0. The number of hydrogen-bond donors (Lipinski definition) is 10. The standard InChI is InChI=1S/C27H46N6O12/c1-2-3-6-15(29)23(40)30-16(8-11-20(34)35)24(41)31-17(9-12-21(36)37)25(42)32-18(10-13-22(38)39)26(43)33-19(27(44)45)7-4-5-14-28/h15-19H,2-14,28-29H2,1H3,(H,30,40)(H,31,41)(H,32,42)(H,33,43)(H,34,35)(H,36,37)(H,38,39)(H,44,45)/t15-,16-,17-,18-,19-/m0/s1. The number of carbonyl (C=O) groups excluding carboxylic acids is 4. The molecule has 18 nitrogen and oxygen atoms in total. The van der Waals surface area contributed by atoms with E-state index in [-0.39, 0.29) is 19.4 Å². The molecule has 0 fully saturated rings. The van der Waals surface area contributed by atoms with Crippen LogP contribution in [0.15, 0.2) is 0 Å². The summed E-state index contributed by atoms with van der Waals surface area (Å²) in [5.41, 5.74) is 11.3. The Bertz CT molecular complexity index is 1040. The Morgan fingerprint density at radius 2 is 0.911 bits per heavy atom. The predicted octanol–water partition coefficient (Wildman–Crippen LogP) is -1.75. The Morgan fingerprint density at radius 1 is 0.533 bits per heavy atom. The van der Waals surface area contributed by atoms with Crippen molar-refractivity contribution in [2.45, 2.75) is 114 Å². The molecule has 5 atom stereocenters. The lowest BCUT2D eigenvalue weighted by molar-refractivity contribution is -0.143. The quantitative estimate of drug-likeness (QED) is 0.0492. The van der Waals surface area contributed by atoms with E-state index < -0.39 is 116 Å². The zero-order chi connectivity index (χ0) is 34.5. The normalized spacial score (nSPS) is 14.1. The van der Waals surface area contributed by atoms with E-state index in [1.165, 1.54) is 0 Å². The number of carboxylic acids is 4. The summed E-state index contributed by atoms with van der Waals surface area (Å²) in [6.07, 6.45) is -0.730. The van der Waals surface area contributed by atoms with E-state index in [1.54, 1.807) is 0 Å². The summed E-state index contributed by atoms with van der Waals surface area (Å²) in [6, 6.07) is -7.08. The van der Waals surface area contributed by atoms with Gasteiger partial charge >= 0.3 is 23.9 Å². The molecule has 0 unspecified atom stereocenters. The van der Waals surface area contributed by atoms with Crippen LogP contribution in [0.4, 0.5) is 0 Å². The van der Waals surface area contributed by atoms with E-state index in [4.69, 9.17) is 26.8 Å². The van der Waals surface area contributed by atoms with Gasteiger partial charge in [-0.05, 0) is 51.5 Å². The molecule has 0 saturated heterocycles. The molecule has 0 aromatic rings. The van der Waals surface area contributed by atoms with Crippen LogP contribution in [0.3, 0.4) is 0 Å². The van der Waals surface area contributed by atoms with Crippen LogP contribution in [0.5, 0.6) is 0 Å². The van der Waals surface area contributed by atoms with Gasteiger partial charge < -0.3 is 53.2 Å². The van der Waals surface area contributed by atoms with Gasteiger partial charge in [0.05, 0.1) is 6.04 Å². The van der Waals surface area contributed by atoms with E-state index >= 15 is 0 Å². The maximum atomic E-state index is 13.2. The third kappa shape index (κ3) is 18.2. The average molecular weight is 647 g/mol. The summed E-state index contributed by atoms with van der Waals surface area (Å²) in [7, 11) is 0. The zero-order valence-corrected chi connectivity index (χ0v) is 25.3. The van der Waals surface area contributed by atoms with Gasteiger partial charge in [-0.1, -0.05) is 19.8 Å². The van der Waals surface area contributed by atoms with E-state index in [9.17, 15) is 43.5 Å². The summed E-state index contributed by atoms with van der Waals surface area (Å²) in [5.74, 6) is -9.24. The minimum atomic E-state index is -1.63. The molecule has 256 valence electrons. The van der Waals surface area contributed by atoms with Crippen LogP contribution in [0.2, 0.25) is 0 Å². The average Bonchev–Trinajstić information content (AvgIpc) is 2.96. The van der Waals surface area contributed by atoms with Crippen molar-refractivity contribution < 1.29 is 58.8 Å². The fourth-order valence-corrected chi connectivity index (χ4v) is 4.01. The van der Waals surface area contributed by atoms with Crippen LogP contribution >= 0.6 is 0 Å². The van der Waals surface area contributed by atoms with E-state index in [0.717, 1.165) is 6.42 Å². The van der Waals surface area contributed by atoms with Crippen molar-refractivity contribution in [3.63, 3.8) is 0 Å². The first-order chi connectivity index (χ1) is 21.1. The van der Waals surface area contributed by atoms with Crippen LogP contribution in [-0.2, 0) is 38.4 Å². The Labute approximate surface area is 260 Å². The Hall–Kier alpha value is -4.32. The van der Waals surface area contributed by atoms with Gasteiger partial charge in [-0.3, -0.25) is 33.6 Å². The first-order valence-corrected chi connectivity index (χ1v) is 14.7. The van der Waals surface area contributed by atoms with Crippen molar-refractivity contribution in [2.75, 3.05) is 6.54 Å². The lowest BCUT2D eigenvalue weighted by Gasteiger charge is -2.26. The minimum Gasteiger partial charge on any atom is -0.481 e. The lowest BCUT2D eigenvalue weighted by atomic mass is 10.0. The number of unbranched alkanes of at least 4 members (excludes halogenated alkanes) is 2. The molecule has 0 aromatic heterocycles. The number of aliphatic carboxylic acids is 4. The monoisotopic (exact) mass is 646 g/mol. The fourth-order valence-electron chi connectivity index (χ4n) is 4.01. The van der Waals surface area contributed by atoms with Crippen molar-refractivity contribution in [3.8, 4) is 0 Å². The van der Waals surface area contributed by atoms with Gasteiger partial charge in [-0.15, -0.1) is 0 Å². The number of nitrogens with one attached hydrogen (secondary N) is 4. The second-order valence-electron chi connectivity index (χ2n) is 10.4. The number of carbonyl (C=O) groups is 8. The highest BCUT2D eigenvalue weighted by Gasteiger charge is 2.32. The van der Waals surface area contributed by atoms with Gasteiger partial charge in [0.25, 0.3) is 0 Å². The second-order valence-corrected chi connectivity index (χ2v) is 10.4. The van der Waals surface area contributed by atoms with Gasteiger partial charge in [0.15, 0.2) is 0 Å². The van der Waals surface area contributed by atoms with E-state index in [1.807, 2.05) is 6.92 Å². The number of rotatable bonds is 25. The Kier molecular flexibility index (Phi) is 20.1. The molecular weight excluding hydrogens is 600 g/mol. The molecule has 0 heterocycles. The molecule has 0 aliphatic heterocycles. The molecule has 4 amide bonds. The van der Waals surface area contributed by atoms with Crippen molar-refractivity contribution in [3.05, 3.63) is 0 Å². The Balaban J connectivity index is 6.00. The van der Waals surface area contributed by atoms with Crippen LogP contribution in [0, 0.1) is 0 Å². The third-order valence-corrected chi connectivity index (χ3v) is 6.61. The van der Waals surface area contributed by atoms with Crippen LogP contribution in [-0.4, -0.2) is 105 Å². The second kappa shape index (κ2) is 22.2. The maximum Gasteiger partial charge on any atom is 0.326 e. The predicted molar refractivity (Wildman–Crippen MR) is 156 cm³/mol. The molecule has 0 spiro atoms. The molecule has 0 rings (SSSR count). The summed E-state index contributed by atoms with van der Waals surface area (Å²) in [5, 5.41) is 46.0. The molecule has 0 aromatic carbocycles. The van der Waals surface area contributed by atoms with Gasteiger partial charge in [0.2, 0.25) is 23.6 Å². The van der Waals surface area contributed by atoms with Crippen LogP contribution < -0.4 is 32.7 Å². The van der Waals surface area contributed by atoms with Gasteiger partial charge in [-0.25, -0.2) is 4.79 Å². The highest BCUT2D eigenvalue weighted by Crippen LogP contribution is 2.08. The van der Waals surface area contributed by atoms with Crippen molar-refractivity contribution in [1.82, 2.24) is 21.3 Å². The van der Waals surface area contributed by atoms with E-state index in [2.05, 4.69) is 21.3 Å². The molecule has 0 aliphatic rings. The summed E-state index contributed by atoms with van der Waals surface area (Å²) >= 11 is 0. The fraction of sp³-hybridized carbons (Fsp3) is 0.704. The number of carboxylic acid groups (broad SMARTS) is 4. The van der Waals surface area contributed by atoms with E-state index in [0.29, 0.717) is 19.3 Å². The Morgan fingerprint density at radius 3 is 1.24 bits per heavy atom. The molecule has 0 radical (unpaired) electrons. The molecule has 0 aliphatic carbocycles. The first-order valence-electron chi connectivity index (χ1n) is 14.7. The maximum absolute atomic E-state index is 13.2. The van der Waals surface area contributed by atoms with Crippen LogP contribution in [0.25, 0.3) is 0 Å². The van der Waals surface area contributed by atoms with Crippen LogP contribution in [0.1, 0.15) is 84.0 Å². The van der Waals surface area contributed by atoms with Gasteiger partial charge in [0.1, 0.15) is 24.2 Å². The molecule has 0 saturated carbocycles. The number of amides is 4. The lowest BCUT2D eigenvalue weighted by Crippen LogP contribution is -2.58. The zero-order valence-electron chi connectivity index (χ0n) is 25.3. The smallest absolute Gasteiger partial charge is 0.326 e. The number of hydrogen-bond acceptors (Lipinski definition) is 10. The first kappa shape index (κ1) is 40.7. The SMILES string of the molecule is CCCC[C@H](N)C(=O)N[C@@H](CCC(=O)O)C(=O)N[C@@H](CCC(=O)O)C(=O)N[C@@H](CCC(=O)O)C(=O)N[C@@H](CCCCN)C(=O)O. The largest absolute Gasteiger partial charge is 0.481 e. The van der Waals surface area contributed by atoms with Crippen molar-refractivity contribution in [1.29, 1.82) is 0 Å². The molecular formula is C27H46N6O12. The summed E-state index contributed by atoms with van der Waals surface area (Å²) in [4.78, 5) is 97.2. The topological polar surface area (TPSA) is 318 Å². The molecule has 45 heavy (non-hydrogen) atoms. The highest BCUT2D eigenvalue weighted by molar-refractivity contribution is 5.95. The number of nitrogens with two attached hydrogens (primary N) is 2.